The molecule has 0 saturated carbocycles. The first-order chi connectivity index (χ1) is 9.97. The van der Waals surface area contributed by atoms with Gasteiger partial charge in [-0.3, -0.25) is 4.68 Å². The largest absolute Gasteiger partial charge is 0.404 e. The molecule has 2 rings (SSSR count). The number of aromatic nitrogens is 2. The Bertz CT molecular complexity index is 589. The molecule has 3 nitrogen and oxygen atoms in total. The number of rotatable bonds is 6. The van der Waals surface area contributed by atoms with Crippen molar-refractivity contribution < 1.29 is 13.2 Å². The fraction of sp³-hybridized carbons (Fsp3) is 0.533. The number of nitrogens with one attached hydrogen (secondary N) is 1. The van der Waals surface area contributed by atoms with E-state index in [2.05, 4.69) is 10.4 Å². The molecule has 0 aliphatic rings. The number of halogens is 3. The second-order valence-corrected chi connectivity index (χ2v) is 5.03. The molecule has 0 saturated heterocycles. The molecule has 116 valence electrons. The lowest BCUT2D eigenvalue weighted by Gasteiger charge is -2.20. The molecule has 1 N–H and O–H groups in total. The van der Waals surface area contributed by atoms with Gasteiger partial charge in [-0.05, 0) is 26.0 Å². The highest BCUT2D eigenvalue weighted by Crippen LogP contribution is 2.26. The van der Waals surface area contributed by atoms with Crippen LogP contribution in [-0.2, 0) is 13.0 Å². The van der Waals surface area contributed by atoms with E-state index in [-0.39, 0.29) is 6.42 Å². The summed E-state index contributed by atoms with van der Waals surface area (Å²) in [5.74, 6) is 0. The minimum Gasteiger partial charge on any atom is -0.306 e. The van der Waals surface area contributed by atoms with E-state index in [0.717, 1.165) is 10.9 Å². The first-order valence-corrected chi connectivity index (χ1v) is 7.21. The van der Waals surface area contributed by atoms with Crippen molar-refractivity contribution >= 4 is 10.9 Å². The predicted molar refractivity (Wildman–Crippen MR) is 77.2 cm³/mol. The zero-order valence-electron chi connectivity index (χ0n) is 12.2. The van der Waals surface area contributed by atoms with Gasteiger partial charge in [0, 0.05) is 18.4 Å². The Balaban J connectivity index is 2.32. The molecule has 6 heteroatoms. The monoisotopic (exact) mass is 299 g/mol. The molecule has 0 aliphatic carbocycles. The molecule has 1 atom stereocenters. The van der Waals surface area contributed by atoms with Crippen LogP contribution in [0.2, 0.25) is 0 Å². The van der Waals surface area contributed by atoms with E-state index in [1.165, 1.54) is 0 Å². The standard InChI is InChI=1S/C15H20F3N3/c1-3-9-19-14(15(16,17)18)10-12-11-7-5-6-8-13(11)21(4-2)20-12/h5-8,14,19H,3-4,9-10H2,1-2H3. The lowest BCUT2D eigenvalue weighted by Crippen LogP contribution is -2.44. The van der Waals surface area contributed by atoms with Crippen molar-refractivity contribution in [2.45, 2.75) is 45.5 Å². The third-order valence-corrected chi connectivity index (χ3v) is 3.47. The fourth-order valence-electron chi connectivity index (χ4n) is 2.40. The van der Waals surface area contributed by atoms with E-state index < -0.39 is 12.2 Å². The topological polar surface area (TPSA) is 29.9 Å². The highest BCUT2D eigenvalue weighted by Gasteiger charge is 2.39. The van der Waals surface area contributed by atoms with Crippen molar-refractivity contribution in [3.8, 4) is 0 Å². The van der Waals surface area contributed by atoms with Gasteiger partial charge in [0.15, 0.2) is 0 Å². The summed E-state index contributed by atoms with van der Waals surface area (Å²) in [6, 6.07) is 5.86. The predicted octanol–water partition coefficient (Wildman–Crippen LogP) is 3.53. The second-order valence-electron chi connectivity index (χ2n) is 5.03. The molecular formula is C15H20F3N3. The summed E-state index contributed by atoms with van der Waals surface area (Å²) in [6.07, 6.45) is -3.75. The first kappa shape index (κ1) is 15.8. The highest BCUT2D eigenvalue weighted by molar-refractivity contribution is 5.82. The van der Waals surface area contributed by atoms with E-state index in [1.807, 2.05) is 38.1 Å². The lowest BCUT2D eigenvalue weighted by atomic mass is 10.1. The van der Waals surface area contributed by atoms with Crippen LogP contribution in [0.25, 0.3) is 10.9 Å². The van der Waals surface area contributed by atoms with Gasteiger partial charge in [-0.15, -0.1) is 0 Å². The number of aryl methyl sites for hydroxylation is 1. The summed E-state index contributed by atoms with van der Waals surface area (Å²) in [4.78, 5) is 0. The zero-order valence-corrected chi connectivity index (χ0v) is 12.2. The lowest BCUT2D eigenvalue weighted by molar-refractivity contribution is -0.155. The molecule has 0 aliphatic heterocycles. The Labute approximate surface area is 122 Å². The molecule has 0 spiro atoms. The molecular weight excluding hydrogens is 279 g/mol. The maximum absolute atomic E-state index is 13.1. The molecule has 1 heterocycles. The number of benzene rings is 1. The van der Waals surface area contributed by atoms with Crippen molar-refractivity contribution in [1.82, 2.24) is 15.1 Å². The molecule has 21 heavy (non-hydrogen) atoms. The van der Waals surface area contributed by atoms with E-state index in [0.29, 0.717) is 25.2 Å². The van der Waals surface area contributed by atoms with Gasteiger partial charge in [0.05, 0.1) is 11.2 Å². The Morgan fingerprint density at radius 2 is 1.95 bits per heavy atom. The third-order valence-electron chi connectivity index (χ3n) is 3.47. The van der Waals surface area contributed by atoms with Gasteiger partial charge in [-0.25, -0.2) is 0 Å². The Hall–Kier alpha value is -1.56. The number of hydrogen-bond donors (Lipinski definition) is 1. The Kier molecular flexibility index (Phi) is 4.88. The average Bonchev–Trinajstić information content (AvgIpc) is 2.80. The summed E-state index contributed by atoms with van der Waals surface area (Å²) in [5, 5.41) is 7.72. The molecule has 1 aromatic heterocycles. The van der Waals surface area contributed by atoms with E-state index in [9.17, 15) is 13.2 Å². The number of alkyl halides is 3. The van der Waals surface area contributed by atoms with Crippen LogP contribution in [0.15, 0.2) is 24.3 Å². The van der Waals surface area contributed by atoms with Gasteiger partial charge in [-0.2, -0.15) is 18.3 Å². The van der Waals surface area contributed by atoms with Crippen LogP contribution in [0.1, 0.15) is 26.0 Å². The number of hydrogen-bond acceptors (Lipinski definition) is 2. The molecule has 2 aromatic rings. The van der Waals surface area contributed by atoms with Gasteiger partial charge in [-0.1, -0.05) is 25.1 Å². The fourth-order valence-corrected chi connectivity index (χ4v) is 2.40. The molecule has 1 unspecified atom stereocenters. The van der Waals surface area contributed by atoms with Crippen LogP contribution in [0, 0.1) is 0 Å². The van der Waals surface area contributed by atoms with Crippen molar-refractivity contribution in [3.63, 3.8) is 0 Å². The van der Waals surface area contributed by atoms with Gasteiger partial charge in [0.2, 0.25) is 0 Å². The molecule has 1 aromatic carbocycles. The van der Waals surface area contributed by atoms with Crippen LogP contribution >= 0.6 is 0 Å². The minimum atomic E-state index is -4.27. The van der Waals surface area contributed by atoms with Crippen LogP contribution in [0.3, 0.4) is 0 Å². The van der Waals surface area contributed by atoms with Crippen LogP contribution in [0.4, 0.5) is 13.2 Å². The van der Waals surface area contributed by atoms with Gasteiger partial charge < -0.3 is 5.32 Å². The van der Waals surface area contributed by atoms with Crippen LogP contribution in [-0.4, -0.2) is 28.5 Å². The first-order valence-electron chi connectivity index (χ1n) is 7.21. The Morgan fingerprint density at radius 3 is 2.57 bits per heavy atom. The number of fused-ring (bicyclic) bond motifs is 1. The van der Waals surface area contributed by atoms with Crippen LogP contribution in [0.5, 0.6) is 0 Å². The summed E-state index contributed by atoms with van der Waals surface area (Å²) < 4.78 is 41.1. The molecule has 0 radical (unpaired) electrons. The van der Waals surface area contributed by atoms with E-state index in [1.54, 1.807) is 4.68 Å². The zero-order chi connectivity index (χ0) is 15.5. The molecule has 0 bridgehead atoms. The maximum atomic E-state index is 13.1. The normalized spacial score (nSPS) is 13.8. The smallest absolute Gasteiger partial charge is 0.306 e. The number of para-hydroxylation sites is 1. The van der Waals surface area contributed by atoms with E-state index >= 15 is 0 Å². The summed E-state index contributed by atoms with van der Waals surface area (Å²) >= 11 is 0. The quantitative estimate of drug-likeness (QED) is 0.884. The summed E-state index contributed by atoms with van der Waals surface area (Å²) in [5.41, 5.74) is 1.38. The Morgan fingerprint density at radius 1 is 1.24 bits per heavy atom. The maximum Gasteiger partial charge on any atom is 0.404 e. The third kappa shape index (κ3) is 3.56. The van der Waals surface area contributed by atoms with E-state index in [4.69, 9.17) is 0 Å². The molecule has 0 amide bonds. The van der Waals surface area contributed by atoms with Crippen LogP contribution < -0.4 is 5.32 Å². The summed E-state index contributed by atoms with van der Waals surface area (Å²) in [6.45, 7) is 4.76. The average molecular weight is 299 g/mol. The van der Waals surface area contributed by atoms with Gasteiger partial charge in [0.1, 0.15) is 6.04 Å². The summed E-state index contributed by atoms with van der Waals surface area (Å²) in [7, 11) is 0. The van der Waals surface area contributed by atoms with Crippen molar-refractivity contribution in [3.05, 3.63) is 30.0 Å². The minimum absolute atomic E-state index is 0.142. The highest BCUT2D eigenvalue weighted by atomic mass is 19.4. The van der Waals surface area contributed by atoms with Crippen molar-refractivity contribution in [2.75, 3.05) is 6.54 Å². The molecule has 0 fully saturated rings. The van der Waals surface area contributed by atoms with Crippen molar-refractivity contribution in [1.29, 1.82) is 0 Å². The van der Waals surface area contributed by atoms with Gasteiger partial charge in [0.25, 0.3) is 0 Å². The van der Waals surface area contributed by atoms with Gasteiger partial charge >= 0.3 is 6.18 Å². The second kappa shape index (κ2) is 6.47. The van der Waals surface area contributed by atoms with Crippen molar-refractivity contribution in [2.24, 2.45) is 0 Å². The SMILES string of the molecule is CCCNC(Cc1nn(CC)c2ccccc12)C(F)(F)F. The number of nitrogens with zero attached hydrogens (tertiary/aromatic N) is 2.